The molecule has 12 aromatic rings. The predicted molar refractivity (Wildman–Crippen MR) is 328 cm³/mol. The summed E-state index contributed by atoms with van der Waals surface area (Å²) < 4.78 is 0. The van der Waals surface area contributed by atoms with Crippen LogP contribution in [0.4, 0.5) is 23.3 Å². The summed E-state index contributed by atoms with van der Waals surface area (Å²) in [7, 11) is 0. The Labute approximate surface area is 476 Å². The van der Waals surface area contributed by atoms with Crippen LogP contribution in [0.3, 0.4) is 0 Å². The van der Waals surface area contributed by atoms with Crippen LogP contribution in [0.25, 0.3) is 44.1 Å². The van der Waals surface area contributed by atoms with Gasteiger partial charge in [0.25, 0.3) is 0 Å². The summed E-state index contributed by atoms with van der Waals surface area (Å²) >= 11 is 0. The van der Waals surface area contributed by atoms with E-state index in [0.717, 1.165) is 106 Å². The van der Waals surface area contributed by atoms with E-state index >= 15 is 0 Å². The molecule has 8 aromatic heterocycles. The Morgan fingerprint density at radius 3 is 0.866 bits per heavy atom. The highest BCUT2D eigenvalue weighted by molar-refractivity contribution is 5.92. The molecule has 4 aromatic carbocycles. The third kappa shape index (κ3) is 10.5. The minimum Gasteiger partial charge on any atom is -0.363 e. The average Bonchev–Trinajstić information content (AvgIpc) is 4.44. The number of aromatic amines is 4. The van der Waals surface area contributed by atoms with E-state index in [1.165, 1.54) is 92.4 Å². The summed E-state index contributed by atoms with van der Waals surface area (Å²) in [5.74, 6) is 3.71. The van der Waals surface area contributed by atoms with Crippen molar-refractivity contribution < 1.29 is 0 Å². The lowest BCUT2D eigenvalue weighted by Crippen LogP contribution is -2.18. The molecular weight excluding hydrogens is 1020 g/mol. The number of rotatable bonds is 8. The van der Waals surface area contributed by atoms with Gasteiger partial charge in [0.05, 0.1) is 45.7 Å². The molecule has 0 saturated carbocycles. The van der Waals surface area contributed by atoms with Gasteiger partial charge in [-0.3, -0.25) is 0 Å². The summed E-state index contributed by atoms with van der Waals surface area (Å²) in [6.45, 7) is 8.33. The maximum Gasteiger partial charge on any atom is 0.143 e. The second-order valence-corrected chi connectivity index (χ2v) is 22.1. The Morgan fingerprint density at radius 2 is 0.573 bits per heavy atom. The van der Waals surface area contributed by atoms with E-state index in [4.69, 9.17) is 0 Å². The maximum absolute atomic E-state index is 4.46. The van der Waals surface area contributed by atoms with Crippen LogP contribution < -0.4 is 21.3 Å². The molecule has 0 aliphatic heterocycles. The summed E-state index contributed by atoms with van der Waals surface area (Å²) in [6, 6.07) is 36.1. The van der Waals surface area contributed by atoms with Crippen molar-refractivity contribution in [3.8, 4) is 0 Å². The topological polar surface area (TPSA) is 214 Å². The number of hydrogen-bond donors (Lipinski definition) is 8. The zero-order valence-corrected chi connectivity index (χ0v) is 46.8. The van der Waals surface area contributed by atoms with Crippen LogP contribution in [-0.2, 0) is 25.7 Å². The molecule has 16 nitrogen and oxygen atoms in total. The van der Waals surface area contributed by atoms with Gasteiger partial charge in [0.1, 0.15) is 71.2 Å². The summed E-state index contributed by atoms with van der Waals surface area (Å²) in [5, 5.41) is 18.8. The number of nitrogens with zero attached hydrogens (tertiary/aromatic N) is 8. The minimum atomic E-state index is 0.336. The number of benzene rings is 4. The van der Waals surface area contributed by atoms with Crippen LogP contribution >= 0.6 is 0 Å². The van der Waals surface area contributed by atoms with Gasteiger partial charge in [-0.15, -0.1) is 0 Å². The number of anilines is 4. The molecule has 0 fully saturated rings. The summed E-state index contributed by atoms with van der Waals surface area (Å²) in [6.07, 6.45) is 26.0. The van der Waals surface area contributed by atoms with E-state index in [1.54, 1.807) is 25.3 Å². The standard InChI is InChI=1S/2C17H18N4.2C16H16N4/c2*1-11-9-18-16-15(11)17(20-10-19-16)21-14-8-4-6-12-5-2-3-7-13(12)14;2*1-10-8-17-15-14(10)16(19-9-18-15)20-13-7-6-11-4-2-3-5-12(11)13/h2*2-3,5,7,9-10,14H,4,6,8H2,1H3,(H2,18,19,20,21);2*2-5,8-9,13H,6-7H2,1H3,(H2,17,18,19,20)/t2*14-;2*13-/m1010/s1. The quantitative estimate of drug-likeness (QED) is 0.0714. The molecule has 16 heteroatoms. The van der Waals surface area contributed by atoms with Crippen LogP contribution in [-0.4, -0.2) is 59.8 Å². The Morgan fingerprint density at radius 1 is 0.317 bits per heavy atom. The molecule has 4 aliphatic rings. The fourth-order valence-corrected chi connectivity index (χ4v) is 12.8. The third-order valence-electron chi connectivity index (χ3n) is 16.9. The second-order valence-electron chi connectivity index (χ2n) is 22.1. The van der Waals surface area contributed by atoms with Crippen molar-refractivity contribution in [3.05, 3.63) is 214 Å². The maximum atomic E-state index is 4.46. The van der Waals surface area contributed by atoms with Crippen molar-refractivity contribution in [1.29, 1.82) is 0 Å². The van der Waals surface area contributed by atoms with Gasteiger partial charge >= 0.3 is 0 Å². The van der Waals surface area contributed by atoms with E-state index in [9.17, 15) is 0 Å². The lowest BCUT2D eigenvalue weighted by atomic mass is 9.88. The number of nitrogens with one attached hydrogen (secondary N) is 8. The zero-order valence-electron chi connectivity index (χ0n) is 46.8. The van der Waals surface area contributed by atoms with Crippen LogP contribution in [0, 0.1) is 27.7 Å². The molecular formula is C66H68N16. The van der Waals surface area contributed by atoms with E-state index in [1.807, 2.05) is 24.8 Å². The van der Waals surface area contributed by atoms with Crippen LogP contribution in [0.1, 0.15) is 129 Å². The number of H-pyrrole nitrogens is 4. The lowest BCUT2D eigenvalue weighted by Gasteiger charge is -2.27. The largest absolute Gasteiger partial charge is 0.363 e. The number of fused-ring (bicyclic) bond motifs is 8. The normalized spacial score (nSPS) is 17.5. The van der Waals surface area contributed by atoms with Crippen LogP contribution in [0.15, 0.2) is 147 Å². The predicted octanol–water partition coefficient (Wildman–Crippen LogP) is 14.2. The van der Waals surface area contributed by atoms with Gasteiger partial charge < -0.3 is 41.2 Å². The summed E-state index contributed by atoms with van der Waals surface area (Å²) in [5.41, 5.74) is 19.7. The lowest BCUT2D eigenvalue weighted by molar-refractivity contribution is 0.599. The van der Waals surface area contributed by atoms with Gasteiger partial charge in [-0.2, -0.15) is 0 Å². The van der Waals surface area contributed by atoms with Crippen molar-refractivity contribution in [3.63, 3.8) is 0 Å². The molecule has 0 radical (unpaired) electrons. The van der Waals surface area contributed by atoms with Crippen molar-refractivity contribution in [1.82, 2.24) is 59.8 Å². The van der Waals surface area contributed by atoms with Gasteiger partial charge in [-0.25, -0.2) is 39.9 Å². The van der Waals surface area contributed by atoms with E-state index < -0.39 is 0 Å². The summed E-state index contributed by atoms with van der Waals surface area (Å²) in [4.78, 5) is 47.7. The molecule has 0 bridgehead atoms. The molecule has 412 valence electrons. The smallest absolute Gasteiger partial charge is 0.143 e. The van der Waals surface area contributed by atoms with Crippen LogP contribution in [0.5, 0.6) is 0 Å². The molecule has 0 saturated heterocycles. The Bertz CT molecular complexity index is 3940. The highest BCUT2D eigenvalue weighted by atomic mass is 15.1. The SMILES string of the molecule is Cc1c[nH]c2ncnc(N[C@@H]3CCCc4ccccc43)c12.Cc1c[nH]c2ncnc(N[C@@H]3CCc4ccccc43)c12.Cc1c[nH]c2ncnc(N[C@H]3CCCc4ccccc43)c12.Cc1c[nH]c2ncnc(N[C@H]3CCc4ccccc43)c12. The Kier molecular flexibility index (Phi) is 14.6. The van der Waals surface area contributed by atoms with E-state index in [0.29, 0.717) is 24.2 Å². The minimum absolute atomic E-state index is 0.336. The van der Waals surface area contributed by atoms with Gasteiger partial charge in [0.2, 0.25) is 0 Å². The highest BCUT2D eigenvalue weighted by Crippen LogP contribution is 2.39. The molecule has 16 rings (SSSR count). The van der Waals surface area contributed by atoms with Crippen molar-refractivity contribution in [2.45, 2.75) is 116 Å². The van der Waals surface area contributed by atoms with Gasteiger partial charge in [0, 0.05) is 24.8 Å². The van der Waals surface area contributed by atoms with Crippen molar-refractivity contribution >= 4 is 67.4 Å². The second kappa shape index (κ2) is 23.0. The number of aromatic nitrogens is 12. The molecule has 0 amide bonds. The fraction of sp³-hybridized carbons (Fsp3) is 0.273. The first-order valence-corrected chi connectivity index (χ1v) is 28.8. The average molecular weight is 1090 g/mol. The van der Waals surface area contributed by atoms with E-state index in [-0.39, 0.29) is 0 Å². The van der Waals surface area contributed by atoms with Gasteiger partial charge in [0.15, 0.2) is 0 Å². The van der Waals surface area contributed by atoms with E-state index in [2.05, 4.69) is 206 Å². The first kappa shape index (κ1) is 52.0. The molecule has 82 heavy (non-hydrogen) atoms. The first-order chi connectivity index (χ1) is 40.3. The molecule has 8 heterocycles. The zero-order chi connectivity index (χ0) is 55.5. The third-order valence-corrected chi connectivity index (χ3v) is 16.9. The van der Waals surface area contributed by atoms with Crippen LogP contribution in [0.2, 0.25) is 0 Å². The Hall–Kier alpha value is -9.44. The molecule has 4 aliphatic carbocycles. The highest BCUT2D eigenvalue weighted by Gasteiger charge is 2.26. The van der Waals surface area contributed by atoms with Crippen molar-refractivity contribution in [2.24, 2.45) is 0 Å². The number of aryl methyl sites for hydroxylation is 8. The van der Waals surface area contributed by atoms with Gasteiger partial charge in [-0.05, 0) is 159 Å². The Balaban J connectivity index is 0.000000103. The molecule has 4 atom stereocenters. The fourth-order valence-electron chi connectivity index (χ4n) is 12.8. The first-order valence-electron chi connectivity index (χ1n) is 28.8. The molecule has 8 N–H and O–H groups in total. The van der Waals surface area contributed by atoms with Crippen molar-refractivity contribution in [2.75, 3.05) is 21.3 Å². The van der Waals surface area contributed by atoms with Gasteiger partial charge in [-0.1, -0.05) is 97.1 Å². The molecule has 0 unspecified atom stereocenters. The molecule has 0 spiro atoms. The number of hydrogen-bond acceptors (Lipinski definition) is 12. The monoisotopic (exact) mass is 1080 g/mol.